The van der Waals surface area contributed by atoms with Crippen LogP contribution in [-0.4, -0.2) is 92.1 Å². The molecule has 2 unspecified atom stereocenters. The van der Waals surface area contributed by atoms with Gasteiger partial charge in [-0.2, -0.15) is 0 Å². The van der Waals surface area contributed by atoms with E-state index in [1.54, 1.807) is 6.07 Å². The molecule has 2 fully saturated rings. The van der Waals surface area contributed by atoms with Gasteiger partial charge in [-0.05, 0) is 44.2 Å². The second-order valence-corrected chi connectivity index (χ2v) is 9.37. The average Bonchev–Trinajstić information content (AvgIpc) is 2.76. The third kappa shape index (κ3) is 7.61. The van der Waals surface area contributed by atoms with Crippen molar-refractivity contribution in [2.24, 2.45) is 11.8 Å². The minimum absolute atomic E-state index is 0.0783. The van der Waals surface area contributed by atoms with Gasteiger partial charge in [0.2, 0.25) is 11.8 Å². The summed E-state index contributed by atoms with van der Waals surface area (Å²) in [5.74, 6) is 2.64. The van der Waals surface area contributed by atoms with E-state index < -0.39 is 0 Å². The second-order valence-electron chi connectivity index (χ2n) is 9.37. The summed E-state index contributed by atoms with van der Waals surface area (Å²) in [5.41, 5.74) is 0.627. The number of hydrogen-bond donors (Lipinski definition) is 1. The van der Waals surface area contributed by atoms with E-state index in [-0.39, 0.29) is 11.8 Å². The van der Waals surface area contributed by atoms with E-state index in [4.69, 9.17) is 9.47 Å². The number of carbonyl (C=O) groups is 2. The van der Waals surface area contributed by atoms with Crippen molar-refractivity contribution in [3.63, 3.8) is 0 Å². The monoisotopic (exact) mass is 460 g/mol. The number of nitrogens with one attached hydrogen (secondary N) is 1. The van der Waals surface area contributed by atoms with Crippen LogP contribution in [0.25, 0.3) is 0 Å². The summed E-state index contributed by atoms with van der Waals surface area (Å²) >= 11 is 0. The molecule has 0 aliphatic carbocycles. The first kappa shape index (κ1) is 25.3. The second kappa shape index (κ2) is 12.2. The Bertz CT molecular complexity index is 785. The highest BCUT2D eigenvalue weighted by Crippen LogP contribution is 2.29. The molecule has 33 heavy (non-hydrogen) atoms. The Morgan fingerprint density at radius 3 is 2.15 bits per heavy atom. The summed E-state index contributed by atoms with van der Waals surface area (Å²) < 4.78 is 11.2. The van der Waals surface area contributed by atoms with E-state index in [1.807, 2.05) is 30.9 Å². The van der Waals surface area contributed by atoms with Crippen LogP contribution in [0, 0.1) is 11.8 Å². The van der Waals surface area contributed by atoms with Crippen LogP contribution in [-0.2, 0) is 9.59 Å². The van der Waals surface area contributed by atoms with Gasteiger partial charge >= 0.3 is 0 Å². The average molecular weight is 461 g/mol. The van der Waals surface area contributed by atoms with E-state index in [9.17, 15) is 9.59 Å². The van der Waals surface area contributed by atoms with E-state index in [2.05, 4.69) is 29.0 Å². The lowest BCUT2D eigenvalue weighted by molar-refractivity contribution is -0.135. The van der Waals surface area contributed by atoms with Crippen molar-refractivity contribution < 1.29 is 19.1 Å². The molecule has 0 radical (unpaired) electrons. The summed E-state index contributed by atoms with van der Waals surface area (Å²) in [4.78, 5) is 31.8. The van der Waals surface area contributed by atoms with Crippen molar-refractivity contribution in [3.8, 4) is 11.5 Å². The highest BCUT2D eigenvalue weighted by atomic mass is 16.5. The molecule has 0 saturated carbocycles. The number of piperidine rings is 1. The summed E-state index contributed by atoms with van der Waals surface area (Å²) in [7, 11) is 0. The van der Waals surface area contributed by atoms with E-state index in [0.29, 0.717) is 55.3 Å². The number of amides is 2. The number of ether oxygens (including phenoxy) is 2. The lowest BCUT2D eigenvalue weighted by Gasteiger charge is -2.38. The Kier molecular flexibility index (Phi) is 9.38. The maximum absolute atomic E-state index is 12.8. The number of rotatable bonds is 9. The van der Waals surface area contributed by atoms with Crippen LogP contribution in [0.4, 0.5) is 5.69 Å². The van der Waals surface area contributed by atoms with Crippen molar-refractivity contribution >= 4 is 17.5 Å². The zero-order valence-corrected chi connectivity index (χ0v) is 20.6. The fourth-order valence-corrected chi connectivity index (χ4v) is 4.80. The zero-order valence-electron chi connectivity index (χ0n) is 20.6. The lowest BCUT2D eigenvalue weighted by atomic mass is 9.92. The summed E-state index contributed by atoms with van der Waals surface area (Å²) in [6.45, 7) is 15.0. The summed E-state index contributed by atoms with van der Waals surface area (Å²) in [6, 6.07) is 5.47. The topological polar surface area (TPSA) is 74.4 Å². The minimum atomic E-state index is -0.0783. The van der Waals surface area contributed by atoms with Crippen LogP contribution in [0.2, 0.25) is 0 Å². The number of carbonyl (C=O) groups excluding carboxylic acids is 2. The first-order valence-corrected chi connectivity index (χ1v) is 12.3. The van der Waals surface area contributed by atoms with Crippen molar-refractivity contribution in [2.45, 2.75) is 34.1 Å². The molecule has 1 aromatic carbocycles. The molecule has 0 aromatic heterocycles. The first-order valence-electron chi connectivity index (χ1n) is 12.3. The van der Waals surface area contributed by atoms with Gasteiger partial charge in [-0.15, -0.1) is 0 Å². The van der Waals surface area contributed by atoms with Gasteiger partial charge in [-0.25, -0.2) is 0 Å². The largest absolute Gasteiger partial charge is 0.494 e. The van der Waals surface area contributed by atoms with Gasteiger partial charge in [-0.3, -0.25) is 19.4 Å². The fourth-order valence-electron chi connectivity index (χ4n) is 4.80. The van der Waals surface area contributed by atoms with Crippen LogP contribution in [0.3, 0.4) is 0 Å². The predicted octanol–water partition coefficient (Wildman–Crippen LogP) is 2.54. The Balaban J connectivity index is 1.45. The summed E-state index contributed by atoms with van der Waals surface area (Å²) in [6.07, 6.45) is 1.20. The molecule has 3 rings (SSSR count). The molecule has 0 spiro atoms. The highest BCUT2D eigenvalue weighted by molar-refractivity contribution is 5.94. The van der Waals surface area contributed by atoms with Gasteiger partial charge in [0, 0.05) is 45.3 Å². The molecule has 8 heteroatoms. The smallest absolute Gasteiger partial charge is 0.238 e. The Hall–Kier alpha value is -2.32. The van der Waals surface area contributed by atoms with Crippen LogP contribution >= 0.6 is 0 Å². The molecule has 2 aliphatic rings. The lowest BCUT2D eigenvalue weighted by Crippen LogP contribution is -2.52. The first-order chi connectivity index (χ1) is 15.9. The molecular formula is C25H40N4O4. The summed E-state index contributed by atoms with van der Waals surface area (Å²) in [5, 5.41) is 2.98. The molecule has 2 heterocycles. The number of piperazine rings is 1. The molecule has 2 atom stereocenters. The number of likely N-dealkylation sites (tertiary alicyclic amines) is 1. The standard InChI is InChI=1S/C25H40N4O4/c1-5-32-21-7-8-23(33-6-2)22(14-21)26-24(30)17-27-9-11-28(12-10-27)18-25(31)29-15-19(3)13-20(4)16-29/h7-8,14,19-20H,5-6,9-13,15-18H2,1-4H3,(H,26,30). The Morgan fingerprint density at radius 2 is 1.55 bits per heavy atom. The maximum Gasteiger partial charge on any atom is 0.238 e. The third-order valence-corrected chi connectivity index (χ3v) is 6.25. The molecular weight excluding hydrogens is 420 g/mol. The third-order valence-electron chi connectivity index (χ3n) is 6.25. The predicted molar refractivity (Wildman–Crippen MR) is 130 cm³/mol. The van der Waals surface area contributed by atoms with Crippen molar-refractivity contribution in [2.75, 3.05) is 70.9 Å². The number of hydrogen-bond acceptors (Lipinski definition) is 6. The zero-order chi connectivity index (χ0) is 23.8. The number of nitrogens with zero attached hydrogens (tertiary/aromatic N) is 3. The van der Waals surface area contributed by atoms with Crippen molar-refractivity contribution in [1.29, 1.82) is 0 Å². The van der Waals surface area contributed by atoms with Crippen LogP contribution < -0.4 is 14.8 Å². The SMILES string of the molecule is CCOc1ccc(OCC)c(NC(=O)CN2CCN(CC(=O)N3CC(C)CC(C)C3)CC2)c1. The molecule has 184 valence electrons. The molecule has 2 aliphatic heterocycles. The normalized spacial score (nSPS) is 22.1. The molecule has 1 aromatic rings. The van der Waals surface area contributed by atoms with E-state index in [0.717, 1.165) is 39.3 Å². The molecule has 2 amide bonds. The van der Waals surface area contributed by atoms with Crippen LogP contribution in [0.15, 0.2) is 18.2 Å². The van der Waals surface area contributed by atoms with E-state index in [1.165, 1.54) is 6.42 Å². The molecule has 8 nitrogen and oxygen atoms in total. The Labute approximate surface area is 198 Å². The van der Waals surface area contributed by atoms with Crippen molar-refractivity contribution in [1.82, 2.24) is 14.7 Å². The molecule has 0 bridgehead atoms. The van der Waals surface area contributed by atoms with Gasteiger partial charge in [0.25, 0.3) is 0 Å². The Morgan fingerprint density at radius 1 is 0.939 bits per heavy atom. The van der Waals surface area contributed by atoms with Crippen LogP contribution in [0.1, 0.15) is 34.1 Å². The minimum Gasteiger partial charge on any atom is -0.494 e. The van der Waals surface area contributed by atoms with E-state index >= 15 is 0 Å². The van der Waals surface area contributed by atoms with Gasteiger partial charge in [0.05, 0.1) is 32.0 Å². The van der Waals surface area contributed by atoms with Gasteiger partial charge < -0.3 is 19.7 Å². The van der Waals surface area contributed by atoms with Crippen LogP contribution in [0.5, 0.6) is 11.5 Å². The fraction of sp³-hybridized carbons (Fsp3) is 0.680. The van der Waals surface area contributed by atoms with Gasteiger partial charge in [0.1, 0.15) is 11.5 Å². The molecule has 1 N–H and O–H groups in total. The molecule has 2 saturated heterocycles. The van der Waals surface area contributed by atoms with Gasteiger partial charge in [0.15, 0.2) is 0 Å². The number of benzene rings is 1. The van der Waals surface area contributed by atoms with Crippen molar-refractivity contribution in [3.05, 3.63) is 18.2 Å². The maximum atomic E-state index is 12.8. The number of anilines is 1. The van der Waals surface area contributed by atoms with Gasteiger partial charge in [-0.1, -0.05) is 13.8 Å². The quantitative estimate of drug-likeness (QED) is 0.611. The highest BCUT2D eigenvalue weighted by Gasteiger charge is 2.28.